The average molecular weight is 241 g/mol. The maximum atomic E-state index is 12.7. The summed E-state index contributed by atoms with van der Waals surface area (Å²) in [6.07, 6.45) is 0. The lowest BCUT2D eigenvalue weighted by atomic mass is 10.1. The number of rotatable bonds is 3. The Morgan fingerprint density at radius 2 is 1.89 bits per heavy atom. The van der Waals surface area contributed by atoms with Crippen LogP contribution in [0.2, 0.25) is 0 Å². The Labute approximate surface area is 105 Å². The normalized spacial score (nSPS) is 9.78. The van der Waals surface area contributed by atoms with Crippen LogP contribution in [0.15, 0.2) is 42.5 Å². The summed E-state index contributed by atoms with van der Waals surface area (Å²) < 4.78 is 12.7. The Balaban J connectivity index is 2.10. The van der Waals surface area contributed by atoms with Crippen LogP contribution in [0.3, 0.4) is 0 Å². The van der Waals surface area contributed by atoms with Crippen molar-refractivity contribution in [2.75, 3.05) is 11.1 Å². The zero-order valence-electron chi connectivity index (χ0n) is 9.65. The highest BCUT2D eigenvalue weighted by Gasteiger charge is 2.01. The van der Waals surface area contributed by atoms with E-state index in [1.54, 1.807) is 30.3 Å². The molecule has 0 fully saturated rings. The standard InChI is InChI=1S/C14H12FN3/c15-12-4-1-10(2-5-12)9-18-14-7-11(8-16)3-6-13(14)17/h1-7,18H,9,17H2. The van der Waals surface area contributed by atoms with E-state index in [4.69, 9.17) is 11.0 Å². The lowest BCUT2D eigenvalue weighted by molar-refractivity contribution is 0.627. The molecular weight excluding hydrogens is 229 g/mol. The first-order chi connectivity index (χ1) is 8.69. The van der Waals surface area contributed by atoms with Gasteiger partial charge in [-0.15, -0.1) is 0 Å². The molecule has 0 aliphatic rings. The van der Waals surface area contributed by atoms with Crippen LogP contribution in [0.25, 0.3) is 0 Å². The minimum absolute atomic E-state index is 0.259. The van der Waals surface area contributed by atoms with Crippen molar-refractivity contribution in [2.24, 2.45) is 0 Å². The number of hydrogen-bond acceptors (Lipinski definition) is 3. The Morgan fingerprint density at radius 3 is 2.56 bits per heavy atom. The van der Waals surface area contributed by atoms with Crippen molar-refractivity contribution in [3.05, 3.63) is 59.4 Å². The number of nitriles is 1. The van der Waals surface area contributed by atoms with Gasteiger partial charge in [0.15, 0.2) is 0 Å². The maximum absolute atomic E-state index is 12.7. The Hall–Kier alpha value is -2.54. The monoisotopic (exact) mass is 241 g/mol. The van der Waals surface area contributed by atoms with E-state index in [0.29, 0.717) is 23.5 Å². The van der Waals surface area contributed by atoms with Gasteiger partial charge in [-0.1, -0.05) is 12.1 Å². The number of benzene rings is 2. The molecule has 0 unspecified atom stereocenters. The molecule has 3 N–H and O–H groups in total. The quantitative estimate of drug-likeness (QED) is 0.812. The number of anilines is 2. The molecule has 0 bridgehead atoms. The van der Waals surface area contributed by atoms with Crippen LogP contribution in [0.1, 0.15) is 11.1 Å². The van der Waals surface area contributed by atoms with E-state index < -0.39 is 0 Å². The number of nitrogens with one attached hydrogen (secondary N) is 1. The summed E-state index contributed by atoms with van der Waals surface area (Å²) in [7, 11) is 0. The van der Waals surface area contributed by atoms with Crippen molar-refractivity contribution in [1.29, 1.82) is 5.26 Å². The van der Waals surface area contributed by atoms with Crippen LogP contribution < -0.4 is 11.1 Å². The molecule has 0 aliphatic carbocycles. The molecular formula is C14H12FN3. The second-order valence-corrected chi connectivity index (χ2v) is 3.89. The molecule has 0 radical (unpaired) electrons. The number of nitrogens with zero attached hydrogens (tertiary/aromatic N) is 1. The fourth-order valence-electron chi connectivity index (χ4n) is 1.58. The molecule has 3 nitrogen and oxygen atoms in total. The minimum atomic E-state index is -0.259. The topological polar surface area (TPSA) is 61.8 Å². The fourth-order valence-corrected chi connectivity index (χ4v) is 1.58. The minimum Gasteiger partial charge on any atom is -0.397 e. The highest BCUT2D eigenvalue weighted by Crippen LogP contribution is 2.20. The number of hydrogen-bond donors (Lipinski definition) is 2. The van der Waals surface area contributed by atoms with E-state index in [-0.39, 0.29) is 5.82 Å². The molecule has 2 aromatic rings. The van der Waals surface area contributed by atoms with Gasteiger partial charge in [-0.3, -0.25) is 0 Å². The van der Waals surface area contributed by atoms with Gasteiger partial charge in [-0.25, -0.2) is 4.39 Å². The summed E-state index contributed by atoms with van der Waals surface area (Å²) in [6.45, 7) is 0.527. The first-order valence-electron chi connectivity index (χ1n) is 5.47. The van der Waals surface area contributed by atoms with Crippen LogP contribution in [-0.2, 0) is 6.54 Å². The van der Waals surface area contributed by atoms with Gasteiger partial charge in [0.2, 0.25) is 0 Å². The second kappa shape index (κ2) is 5.19. The summed E-state index contributed by atoms with van der Waals surface area (Å²) in [5, 5.41) is 11.9. The predicted octanol–water partition coefficient (Wildman–Crippen LogP) is 2.89. The summed E-state index contributed by atoms with van der Waals surface area (Å²) >= 11 is 0. The van der Waals surface area contributed by atoms with Crippen LogP contribution in [0, 0.1) is 17.1 Å². The molecule has 0 amide bonds. The Kier molecular flexibility index (Phi) is 3.44. The third-order valence-corrected chi connectivity index (χ3v) is 2.58. The Morgan fingerprint density at radius 1 is 1.17 bits per heavy atom. The molecule has 90 valence electrons. The molecule has 0 atom stereocenters. The van der Waals surface area contributed by atoms with E-state index in [0.717, 1.165) is 5.56 Å². The van der Waals surface area contributed by atoms with Gasteiger partial charge in [-0.05, 0) is 35.9 Å². The molecule has 0 spiro atoms. The van der Waals surface area contributed by atoms with Crippen molar-refractivity contribution in [2.45, 2.75) is 6.54 Å². The summed E-state index contributed by atoms with van der Waals surface area (Å²) in [5.41, 5.74) is 8.58. The van der Waals surface area contributed by atoms with Gasteiger partial charge in [0.1, 0.15) is 5.82 Å². The predicted molar refractivity (Wildman–Crippen MR) is 69.3 cm³/mol. The number of halogens is 1. The second-order valence-electron chi connectivity index (χ2n) is 3.89. The molecule has 18 heavy (non-hydrogen) atoms. The van der Waals surface area contributed by atoms with E-state index in [2.05, 4.69) is 11.4 Å². The van der Waals surface area contributed by atoms with Crippen molar-refractivity contribution in [1.82, 2.24) is 0 Å². The first kappa shape index (κ1) is 11.9. The molecule has 0 aromatic heterocycles. The average Bonchev–Trinajstić information content (AvgIpc) is 2.40. The van der Waals surface area contributed by atoms with Crippen LogP contribution in [0.4, 0.5) is 15.8 Å². The molecule has 0 saturated heterocycles. The van der Waals surface area contributed by atoms with Crippen LogP contribution in [0.5, 0.6) is 0 Å². The SMILES string of the molecule is N#Cc1ccc(N)c(NCc2ccc(F)cc2)c1. The number of nitrogen functional groups attached to an aromatic ring is 1. The van der Waals surface area contributed by atoms with E-state index >= 15 is 0 Å². The van der Waals surface area contributed by atoms with Crippen molar-refractivity contribution in [3.8, 4) is 6.07 Å². The van der Waals surface area contributed by atoms with Gasteiger partial charge < -0.3 is 11.1 Å². The highest BCUT2D eigenvalue weighted by molar-refractivity contribution is 5.68. The van der Waals surface area contributed by atoms with Crippen molar-refractivity contribution in [3.63, 3.8) is 0 Å². The third-order valence-electron chi connectivity index (χ3n) is 2.58. The molecule has 2 aromatic carbocycles. The fraction of sp³-hybridized carbons (Fsp3) is 0.0714. The molecule has 0 saturated carbocycles. The molecule has 2 rings (SSSR count). The summed E-state index contributed by atoms with van der Waals surface area (Å²) in [6, 6.07) is 13.3. The van der Waals surface area contributed by atoms with Gasteiger partial charge >= 0.3 is 0 Å². The molecule has 0 aliphatic heterocycles. The van der Waals surface area contributed by atoms with E-state index in [1.807, 2.05) is 0 Å². The van der Waals surface area contributed by atoms with Gasteiger partial charge in [-0.2, -0.15) is 5.26 Å². The number of nitrogens with two attached hydrogens (primary N) is 1. The smallest absolute Gasteiger partial charge is 0.123 e. The van der Waals surface area contributed by atoms with Crippen molar-refractivity contribution < 1.29 is 4.39 Å². The molecule has 0 heterocycles. The zero-order chi connectivity index (χ0) is 13.0. The largest absolute Gasteiger partial charge is 0.397 e. The van der Waals surface area contributed by atoms with Crippen LogP contribution >= 0.6 is 0 Å². The van der Waals surface area contributed by atoms with Gasteiger partial charge in [0.05, 0.1) is 23.0 Å². The highest BCUT2D eigenvalue weighted by atomic mass is 19.1. The molecule has 4 heteroatoms. The lowest BCUT2D eigenvalue weighted by Crippen LogP contribution is -2.02. The van der Waals surface area contributed by atoms with Gasteiger partial charge in [0, 0.05) is 6.54 Å². The van der Waals surface area contributed by atoms with E-state index in [1.165, 1.54) is 12.1 Å². The Bertz CT molecular complexity index is 585. The third kappa shape index (κ3) is 2.77. The van der Waals surface area contributed by atoms with E-state index in [9.17, 15) is 4.39 Å². The van der Waals surface area contributed by atoms with Crippen molar-refractivity contribution >= 4 is 11.4 Å². The lowest BCUT2D eigenvalue weighted by Gasteiger charge is -2.09. The summed E-state index contributed by atoms with van der Waals surface area (Å²) in [5.74, 6) is -0.259. The maximum Gasteiger partial charge on any atom is 0.123 e. The van der Waals surface area contributed by atoms with Crippen LogP contribution in [-0.4, -0.2) is 0 Å². The van der Waals surface area contributed by atoms with Gasteiger partial charge in [0.25, 0.3) is 0 Å². The zero-order valence-corrected chi connectivity index (χ0v) is 9.65. The first-order valence-corrected chi connectivity index (χ1v) is 5.47. The summed E-state index contributed by atoms with van der Waals surface area (Å²) in [4.78, 5) is 0.